The summed E-state index contributed by atoms with van der Waals surface area (Å²) in [5, 5.41) is 7.61. The molecule has 3 saturated heterocycles. The van der Waals surface area contributed by atoms with E-state index in [1.807, 2.05) is 0 Å². The summed E-state index contributed by atoms with van der Waals surface area (Å²) in [6, 6.07) is 3.35. The van der Waals surface area contributed by atoms with Crippen LogP contribution in [0.5, 0.6) is 0 Å². The van der Waals surface area contributed by atoms with E-state index in [0.717, 1.165) is 32.5 Å². The highest BCUT2D eigenvalue weighted by Crippen LogP contribution is 2.40. The molecule has 124 valence electrons. The van der Waals surface area contributed by atoms with Gasteiger partial charge in [-0.2, -0.15) is 13.2 Å². The second kappa shape index (κ2) is 5.12. The van der Waals surface area contributed by atoms with Crippen LogP contribution < -0.4 is 5.32 Å². The highest BCUT2D eigenvalue weighted by atomic mass is 19.4. The van der Waals surface area contributed by atoms with Crippen molar-refractivity contribution in [2.75, 3.05) is 25.0 Å². The molecular formula is C16H18F3N3O. The third kappa shape index (κ3) is 2.47. The molecule has 0 radical (unpaired) electrons. The Kier molecular flexibility index (Phi) is 3.30. The van der Waals surface area contributed by atoms with Crippen molar-refractivity contribution in [1.29, 1.82) is 0 Å². The number of piperidine rings is 3. The van der Waals surface area contributed by atoms with Gasteiger partial charge < -0.3 is 14.7 Å². The Bertz CT molecular complexity index is 732. The van der Waals surface area contributed by atoms with E-state index in [9.17, 15) is 13.2 Å². The molecular weight excluding hydrogens is 307 g/mol. The molecule has 2 bridgehead atoms. The summed E-state index contributed by atoms with van der Waals surface area (Å²) >= 11 is 0. The van der Waals surface area contributed by atoms with Gasteiger partial charge in [0.05, 0.1) is 5.39 Å². The van der Waals surface area contributed by atoms with Crippen LogP contribution in [0.4, 0.5) is 19.0 Å². The van der Waals surface area contributed by atoms with Gasteiger partial charge in [-0.05, 0) is 50.4 Å². The number of nitrogens with one attached hydrogen (secondary N) is 1. The first kappa shape index (κ1) is 14.8. The first-order valence-corrected chi connectivity index (χ1v) is 7.88. The van der Waals surface area contributed by atoms with Crippen molar-refractivity contribution < 1.29 is 17.7 Å². The first-order chi connectivity index (χ1) is 10.9. The maximum absolute atomic E-state index is 13.3. The molecule has 4 heterocycles. The molecule has 0 saturated carbocycles. The third-order valence-corrected chi connectivity index (χ3v) is 5.11. The summed E-state index contributed by atoms with van der Waals surface area (Å²) in [5.74, 6) is 0.975. The molecule has 23 heavy (non-hydrogen) atoms. The fraction of sp³-hybridized carbons (Fsp3) is 0.562. The van der Waals surface area contributed by atoms with Crippen LogP contribution in [0, 0.1) is 12.8 Å². The fourth-order valence-corrected chi connectivity index (χ4v) is 3.86. The lowest BCUT2D eigenvalue weighted by atomic mass is 9.84. The van der Waals surface area contributed by atoms with E-state index < -0.39 is 11.7 Å². The minimum absolute atomic E-state index is 0.149. The van der Waals surface area contributed by atoms with Crippen LogP contribution in [0.3, 0.4) is 0 Å². The lowest BCUT2D eigenvalue weighted by Gasteiger charge is -2.44. The standard InChI is InChI=1S/C16H18F3N3O/c1-9-2-3-11-14(13(9)16(17,18)19)23-21-15(11)20-12-8-22-6-4-10(12)5-7-22/h2-3,10,12H,4-8H2,1H3,(H,20,21)/t12-/m0/s1. The Labute approximate surface area is 131 Å². The number of halogens is 3. The molecule has 0 amide bonds. The molecule has 7 heteroatoms. The van der Waals surface area contributed by atoms with E-state index >= 15 is 0 Å². The number of hydrogen-bond donors (Lipinski definition) is 1. The van der Waals surface area contributed by atoms with Gasteiger partial charge in [-0.3, -0.25) is 0 Å². The zero-order valence-corrected chi connectivity index (χ0v) is 12.8. The molecule has 1 atom stereocenters. The number of alkyl halides is 3. The van der Waals surface area contributed by atoms with Gasteiger partial charge in [0.1, 0.15) is 5.56 Å². The lowest BCUT2D eigenvalue weighted by molar-refractivity contribution is -0.137. The van der Waals surface area contributed by atoms with Crippen LogP contribution in [0.15, 0.2) is 16.7 Å². The van der Waals surface area contributed by atoms with Crippen LogP contribution in [-0.2, 0) is 6.18 Å². The number of aromatic nitrogens is 1. The summed E-state index contributed by atoms with van der Waals surface area (Å²) in [6.45, 7) is 4.57. The topological polar surface area (TPSA) is 41.3 Å². The van der Waals surface area contributed by atoms with Gasteiger partial charge in [0.2, 0.25) is 0 Å². The zero-order valence-electron chi connectivity index (χ0n) is 12.8. The van der Waals surface area contributed by atoms with Crippen LogP contribution in [0.25, 0.3) is 11.0 Å². The van der Waals surface area contributed by atoms with E-state index in [1.165, 1.54) is 13.0 Å². The van der Waals surface area contributed by atoms with E-state index in [0.29, 0.717) is 17.1 Å². The van der Waals surface area contributed by atoms with E-state index in [4.69, 9.17) is 4.52 Å². The van der Waals surface area contributed by atoms with Gasteiger partial charge in [-0.1, -0.05) is 11.2 Å². The monoisotopic (exact) mass is 325 g/mol. The second-order valence-electron chi connectivity index (χ2n) is 6.55. The average molecular weight is 325 g/mol. The number of aryl methyl sites for hydroxylation is 1. The Hall–Kier alpha value is -1.76. The predicted molar refractivity (Wildman–Crippen MR) is 80.3 cm³/mol. The molecule has 1 aromatic carbocycles. The zero-order chi connectivity index (χ0) is 16.2. The maximum Gasteiger partial charge on any atom is 0.420 e. The van der Waals surface area contributed by atoms with E-state index in [2.05, 4.69) is 15.4 Å². The highest BCUT2D eigenvalue weighted by molar-refractivity contribution is 5.91. The largest absolute Gasteiger partial charge is 0.420 e. The molecule has 5 rings (SSSR count). The molecule has 0 unspecified atom stereocenters. The number of benzene rings is 1. The Morgan fingerprint density at radius 2 is 2.00 bits per heavy atom. The van der Waals surface area contributed by atoms with Gasteiger partial charge in [0.25, 0.3) is 0 Å². The van der Waals surface area contributed by atoms with Gasteiger partial charge in [0, 0.05) is 12.6 Å². The van der Waals surface area contributed by atoms with Crippen molar-refractivity contribution in [3.05, 3.63) is 23.3 Å². The van der Waals surface area contributed by atoms with Crippen molar-refractivity contribution in [2.24, 2.45) is 5.92 Å². The number of fused-ring (bicyclic) bond motifs is 4. The van der Waals surface area contributed by atoms with Crippen LogP contribution in [-0.4, -0.2) is 35.7 Å². The van der Waals surface area contributed by atoms with Crippen molar-refractivity contribution in [1.82, 2.24) is 10.1 Å². The summed E-state index contributed by atoms with van der Waals surface area (Å²) in [5.41, 5.74) is -0.763. The molecule has 3 aliphatic heterocycles. The molecule has 3 aliphatic rings. The molecule has 1 aromatic heterocycles. The van der Waals surface area contributed by atoms with Crippen molar-refractivity contribution >= 4 is 16.8 Å². The van der Waals surface area contributed by atoms with Crippen LogP contribution in [0.2, 0.25) is 0 Å². The van der Waals surface area contributed by atoms with Gasteiger partial charge in [-0.25, -0.2) is 0 Å². The van der Waals surface area contributed by atoms with E-state index in [1.54, 1.807) is 6.07 Å². The SMILES string of the molecule is Cc1ccc2c(N[C@H]3CN4CCC3CC4)noc2c1C(F)(F)F. The number of anilines is 1. The molecule has 4 nitrogen and oxygen atoms in total. The summed E-state index contributed by atoms with van der Waals surface area (Å²) < 4.78 is 44.8. The summed E-state index contributed by atoms with van der Waals surface area (Å²) in [4.78, 5) is 2.38. The van der Waals surface area contributed by atoms with Gasteiger partial charge in [-0.15, -0.1) is 0 Å². The Morgan fingerprint density at radius 1 is 1.26 bits per heavy atom. The lowest BCUT2D eigenvalue weighted by Crippen LogP contribution is -2.53. The minimum Gasteiger partial charge on any atom is -0.362 e. The van der Waals surface area contributed by atoms with Crippen molar-refractivity contribution in [2.45, 2.75) is 32.0 Å². The first-order valence-electron chi connectivity index (χ1n) is 7.88. The maximum atomic E-state index is 13.3. The van der Waals surface area contributed by atoms with Gasteiger partial charge in [0.15, 0.2) is 11.4 Å². The molecule has 2 aromatic rings. The number of hydrogen-bond acceptors (Lipinski definition) is 4. The molecule has 0 spiro atoms. The number of rotatable bonds is 2. The third-order valence-electron chi connectivity index (χ3n) is 5.11. The molecule has 1 N–H and O–H groups in total. The fourth-order valence-electron chi connectivity index (χ4n) is 3.86. The Morgan fingerprint density at radius 3 is 2.61 bits per heavy atom. The van der Waals surface area contributed by atoms with Crippen LogP contribution >= 0.6 is 0 Å². The average Bonchev–Trinajstić information content (AvgIpc) is 2.89. The molecule has 0 aliphatic carbocycles. The summed E-state index contributed by atoms with van der Waals surface area (Å²) in [7, 11) is 0. The van der Waals surface area contributed by atoms with Gasteiger partial charge >= 0.3 is 6.18 Å². The van der Waals surface area contributed by atoms with Crippen molar-refractivity contribution in [3.63, 3.8) is 0 Å². The molecule has 3 fully saturated rings. The Balaban J connectivity index is 1.69. The number of nitrogens with zero attached hydrogens (tertiary/aromatic N) is 2. The smallest absolute Gasteiger partial charge is 0.362 e. The quantitative estimate of drug-likeness (QED) is 0.915. The highest BCUT2D eigenvalue weighted by Gasteiger charge is 2.38. The van der Waals surface area contributed by atoms with Crippen LogP contribution in [0.1, 0.15) is 24.0 Å². The second-order valence-corrected chi connectivity index (χ2v) is 6.55. The summed E-state index contributed by atoms with van der Waals surface area (Å²) in [6.07, 6.45) is -2.20. The minimum atomic E-state index is -4.45. The predicted octanol–water partition coefficient (Wildman–Crippen LogP) is 3.66. The van der Waals surface area contributed by atoms with E-state index in [-0.39, 0.29) is 17.2 Å². The normalized spacial score (nSPS) is 27.6. The van der Waals surface area contributed by atoms with Crippen molar-refractivity contribution in [3.8, 4) is 0 Å².